The van der Waals surface area contributed by atoms with Crippen molar-refractivity contribution >= 4 is 28.3 Å². The summed E-state index contributed by atoms with van der Waals surface area (Å²) in [7, 11) is 0. The smallest absolute Gasteiger partial charge is 0.276 e. The number of likely N-dealkylation sites (tertiary alicyclic amines) is 1. The molecule has 1 saturated heterocycles. The highest BCUT2D eigenvalue weighted by molar-refractivity contribution is 7.13. The molecule has 0 spiro atoms. The second-order valence-electron chi connectivity index (χ2n) is 7.26. The SMILES string of the molecule is O=C(Nc1nccs1)c1cccc(C2CCCN2C(=O)C2CCCCC2)n1. The van der Waals surface area contributed by atoms with Gasteiger partial charge in [0.2, 0.25) is 5.91 Å². The Kier molecular flexibility index (Phi) is 5.48. The number of carbonyl (C=O) groups excluding carboxylic acids is 2. The molecule has 0 aromatic carbocycles. The van der Waals surface area contributed by atoms with Crippen molar-refractivity contribution in [2.24, 2.45) is 5.92 Å². The van der Waals surface area contributed by atoms with Gasteiger partial charge < -0.3 is 4.90 Å². The standard InChI is InChI=1S/C20H24N4O2S/c25-18(23-20-21-11-13-27-20)16-9-4-8-15(22-16)17-10-5-12-24(17)19(26)14-6-2-1-3-7-14/h4,8-9,11,13-14,17H,1-3,5-7,10,12H2,(H,21,23,25). The highest BCUT2D eigenvalue weighted by atomic mass is 32.1. The Bertz CT molecular complexity index is 802. The number of nitrogens with one attached hydrogen (secondary N) is 1. The van der Waals surface area contributed by atoms with Gasteiger partial charge in [0.1, 0.15) is 5.69 Å². The molecule has 2 aromatic rings. The number of pyridine rings is 1. The van der Waals surface area contributed by atoms with E-state index >= 15 is 0 Å². The lowest BCUT2D eigenvalue weighted by Gasteiger charge is -2.30. The average Bonchev–Trinajstić information content (AvgIpc) is 3.40. The number of hydrogen-bond donors (Lipinski definition) is 1. The maximum atomic E-state index is 13.0. The molecule has 3 heterocycles. The summed E-state index contributed by atoms with van der Waals surface area (Å²) in [6, 6.07) is 5.46. The van der Waals surface area contributed by atoms with Gasteiger partial charge in [-0.1, -0.05) is 25.3 Å². The van der Waals surface area contributed by atoms with E-state index in [0.29, 0.717) is 10.8 Å². The van der Waals surface area contributed by atoms with E-state index in [-0.39, 0.29) is 23.8 Å². The zero-order chi connectivity index (χ0) is 18.6. The summed E-state index contributed by atoms with van der Waals surface area (Å²) in [5.74, 6) is 0.169. The molecular formula is C20H24N4O2S. The van der Waals surface area contributed by atoms with E-state index in [4.69, 9.17) is 0 Å². The van der Waals surface area contributed by atoms with Crippen molar-refractivity contribution in [2.75, 3.05) is 11.9 Å². The molecule has 0 bridgehead atoms. The van der Waals surface area contributed by atoms with E-state index in [1.54, 1.807) is 12.3 Å². The third-order valence-corrected chi connectivity index (χ3v) is 6.18. The molecule has 2 aromatic heterocycles. The Labute approximate surface area is 163 Å². The molecule has 0 radical (unpaired) electrons. The fraction of sp³-hybridized carbons (Fsp3) is 0.500. The van der Waals surface area contributed by atoms with E-state index in [1.165, 1.54) is 17.8 Å². The van der Waals surface area contributed by atoms with Crippen LogP contribution in [0.3, 0.4) is 0 Å². The largest absolute Gasteiger partial charge is 0.334 e. The minimum atomic E-state index is -0.269. The second-order valence-corrected chi connectivity index (χ2v) is 8.16. The number of rotatable bonds is 4. The average molecular weight is 385 g/mol. The number of hydrogen-bond acceptors (Lipinski definition) is 5. The number of nitrogens with zero attached hydrogens (tertiary/aromatic N) is 3. The molecule has 4 rings (SSSR count). The zero-order valence-electron chi connectivity index (χ0n) is 15.3. The maximum Gasteiger partial charge on any atom is 0.276 e. The van der Waals surface area contributed by atoms with Crippen LogP contribution in [0.2, 0.25) is 0 Å². The first-order chi connectivity index (χ1) is 13.2. The Morgan fingerprint density at radius 2 is 1.96 bits per heavy atom. The number of aromatic nitrogens is 2. The molecule has 1 atom stereocenters. The third kappa shape index (κ3) is 4.03. The van der Waals surface area contributed by atoms with Crippen LogP contribution in [0.25, 0.3) is 0 Å². The van der Waals surface area contributed by atoms with Crippen molar-refractivity contribution in [2.45, 2.75) is 51.0 Å². The van der Waals surface area contributed by atoms with Crippen molar-refractivity contribution in [3.63, 3.8) is 0 Å². The lowest BCUT2D eigenvalue weighted by atomic mass is 9.88. The summed E-state index contributed by atoms with van der Waals surface area (Å²) in [4.78, 5) is 36.1. The molecule has 1 saturated carbocycles. The lowest BCUT2D eigenvalue weighted by Crippen LogP contribution is -2.37. The first-order valence-electron chi connectivity index (χ1n) is 9.70. The van der Waals surface area contributed by atoms with Crippen LogP contribution in [0.1, 0.15) is 67.2 Å². The predicted octanol–water partition coefficient (Wildman–Crippen LogP) is 4.03. The van der Waals surface area contributed by atoms with Gasteiger partial charge in [0, 0.05) is 24.0 Å². The minimum Gasteiger partial charge on any atom is -0.334 e. The third-order valence-electron chi connectivity index (χ3n) is 5.49. The highest BCUT2D eigenvalue weighted by Crippen LogP contribution is 2.35. The molecule has 1 aliphatic carbocycles. The van der Waals surface area contributed by atoms with Gasteiger partial charge in [-0.3, -0.25) is 14.9 Å². The molecule has 142 valence electrons. The molecule has 1 unspecified atom stereocenters. The van der Waals surface area contributed by atoms with E-state index < -0.39 is 0 Å². The summed E-state index contributed by atoms with van der Waals surface area (Å²) >= 11 is 1.37. The predicted molar refractivity (Wildman–Crippen MR) is 105 cm³/mol. The number of anilines is 1. The molecular weight excluding hydrogens is 360 g/mol. The Morgan fingerprint density at radius 1 is 1.11 bits per heavy atom. The van der Waals surface area contributed by atoms with Gasteiger partial charge in [-0.2, -0.15) is 0 Å². The number of carbonyl (C=O) groups is 2. The summed E-state index contributed by atoms with van der Waals surface area (Å²) in [6.07, 6.45) is 9.10. The topological polar surface area (TPSA) is 75.2 Å². The van der Waals surface area contributed by atoms with Crippen LogP contribution in [0.4, 0.5) is 5.13 Å². The highest BCUT2D eigenvalue weighted by Gasteiger charge is 2.35. The molecule has 7 heteroatoms. The first kappa shape index (κ1) is 18.1. The minimum absolute atomic E-state index is 0.0213. The van der Waals surface area contributed by atoms with Gasteiger partial charge in [-0.05, 0) is 37.8 Å². The van der Waals surface area contributed by atoms with Crippen molar-refractivity contribution in [1.29, 1.82) is 0 Å². The van der Waals surface area contributed by atoms with Crippen molar-refractivity contribution in [3.05, 3.63) is 41.2 Å². The Hall–Kier alpha value is -2.28. The molecule has 2 fully saturated rings. The van der Waals surface area contributed by atoms with Crippen LogP contribution in [-0.4, -0.2) is 33.2 Å². The number of amides is 2. The van der Waals surface area contributed by atoms with Gasteiger partial charge in [0.15, 0.2) is 5.13 Å². The van der Waals surface area contributed by atoms with Gasteiger partial charge in [-0.15, -0.1) is 11.3 Å². The Morgan fingerprint density at radius 3 is 2.74 bits per heavy atom. The van der Waals surface area contributed by atoms with Crippen LogP contribution in [0.15, 0.2) is 29.8 Å². The van der Waals surface area contributed by atoms with E-state index in [9.17, 15) is 9.59 Å². The van der Waals surface area contributed by atoms with Crippen LogP contribution < -0.4 is 5.32 Å². The molecule has 2 aliphatic rings. The molecule has 2 amide bonds. The van der Waals surface area contributed by atoms with Crippen molar-refractivity contribution in [3.8, 4) is 0 Å². The summed E-state index contributed by atoms with van der Waals surface area (Å²) in [5.41, 5.74) is 1.17. The van der Waals surface area contributed by atoms with Crippen molar-refractivity contribution < 1.29 is 9.59 Å². The maximum absolute atomic E-state index is 13.0. The first-order valence-corrected chi connectivity index (χ1v) is 10.6. The normalized spacial score (nSPS) is 20.6. The fourth-order valence-corrected chi connectivity index (χ4v) is 4.66. The molecule has 1 N–H and O–H groups in total. The second kappa shape index (κ2) is 8.17. The van der Waals surface area contributed by atoms with E-state index in [0.717, 1.165) is 50.8 Å². The van der Waals surface area contributed by atoms with E-state index in [2.05, 4.69) is 15.3 Å². The van der Waals surface area contributed by atoms with Gasteiger partial charge >= 0.3 is 0 Å². The zero-order valence-corrected chi connectivity index (χ0v) is 16.1. The van der Waals surface area contributed by atoms with Gasteiger partial charge in [0.25, 0.3) is 5.91 Å². The summed E-state index contributed by atoms with van der Waals surface area (Å²) in [5, 5.41) is 5.14. The molecule has 27 heavy (non-hydrogen) atoms. The quantitative estimate of drug-likeness (QED) is 0.863. The summed E-state index contributed by atoms with van der Waals surface area (Å²) < 4.78 is 0. The van der Waals surface area contributed by atoms with Crippen LogP contribution in [0, 0.1) is 5.92 Å². The summed E-state index contributed by atoms with van der Waals surface area (Å²) in [6.45, 7) is 0.789. The van der Waals surface area contributed by atoms with Gasteiger partial charge in [0.05, 0.1) is 11.7 Å². The van der Waals surface area contributed by atoms with Crippen molar-refractivity contribution in [1.82, 2.24) is 14.9 Å². The molecule has 6 nitrogen and oxygen atoms in total. The van der Waals surface area contributed by atoms with Crippen LogP contribution >= 0.6 is 11.3 Å². The monoisotopic (exact) mass is 384 g/mol. The van der Waals surface area contributed by atoms with Crippen LogP contribution in [-0.2, 0) is 4.79 Å². The Balaban J connectivity index is 1.50. The van der Waals surface area contributed by atoms with Crippen LogP contribution in [0.5, 0.6) is 0 Å². The molecule has 1 aliphatic heterocycles. The fourth-order valence-electron chi connectivity index (χ4n) is 4.13. The lowest BCUT2D eigenvalue weighted by molar-refractivity contribution is -0.137. The van der Waals surface area contributed by atoms with Gasteiger partial charge in [-0.25, -0.2) is 9.97 Å². The van der Waals surface area contributed by atoms with E-state index in [1.807, 2.05) is 22.4 Å². The number of thiazole rings is 1.